The van der Waals surface area contributed by atoms with Gasteiger partial charge in [-0.3, -0.25) is 4.79 Å². The van der Waals surface area contributed by atoms with E-state index in [-0.39, 0.29) is 11.9 Å². The molecule has 1 unspecified atom stereocenters. The van der Waals surface area contributed by atoms with Crippen molar-refractivity contribution in [3.8, 4) is 5.69 Å². The van der Waals surface area contributed by atoms with E-state index in [2.05, 4.69) is 15.7 Å². The number of nitrogens with zero attached hydrogens (tertiary/aromatic N) is 2. The third-order valence-electron chi connectivity index (χ3n) is 3.20. The van der Waals surface area contributed by atoms with Gasteiger partial charge in [0.2, 0.25) is 5.91 Å². The molecule has 2 N–H and O–H groups in total. The van der Waals surface area contributed by atoms with Crippen LogP contribution in [-0.4, -0.2) is 41.5 Å². The van der Waals surface area contributed by atoms with Crippen molar-refractivity contribution in [2.75, 3.05) is 25.1 Å². The third-order valence-corrected chi connectivity index (χ3v) is 3.51. The molecular weight excluding hydrogens is 292 g/mol. The second-order valence-corrected chi connectivity index (χ2v) is 5.09. The van der Waals surface area contributed by atoms with Crippen molar-refractivity contribution in [1.29, 1.82) is 0 Å². The zero-order valence-corrected chi connectivity index (χ0v) is 12.0. The van der Waals surface area contributed by atoms with Gasteiger partial charge in [0, 0.05) is 24.6 Å². The standard InChI is InChI=1S/C14H15ClN4O2/c15-11-8-10(2-3-13(11)19-6-1-4-17-19)18-14(20)12-9-21-7-5-16-12/h1-4,6,8,12,16H,5,7,9H2,(H,18,20). The van der Waals surface area contributed by atoms with Crippen LogP contribution in [0, 0.1) is 0 Å². The normalized spacial score (nSPS) is 18.4. The predicted molar refractivity (Wildman–Crippen MR) is 79.8 cm³/mol. The van der Waals surface area contributed by atoms with E-state index >= 15 is 0 Å². The summed E-state index contributed by atoms with van der Waals surface area (Å²) in [6.07, 6.45) is 3.49. The predicted octanol–water partition coefficient (Wildman–Crippen LogP) is 1.45. The molecule has 1 fully saturated rings. The van der Waals surface area contributed by atoms with E-state index < -0.39 is 0 Å². The maximum absolute atomic E-state index is 12.1. The Morgan fingerprint density at radius 3 is 3.10 bits per heavy atom. The molecule has 0 saturated carbocycles. The Morgan fingerprint density at radius 1 is 1.52 bits per heavy atom. The molecule has 1 aliphatic heterocycles. The topological polar surface area (TPSA) is 68.2 Å². The molecule has 0 spiro atoms. The third kappa shape index (κ3) is 3.24. The van der Waals surface area contributed by atoms with Crippen molar-refractivity contribution in [3.63, 3.8) is 0 Å². The molecule has 1 aliphatic rings. The summed E-state index contributed by atoms with van der Waals surface area (Å²) in [5.74, 6) is -0.127. The molecule has 0 radical (unpaired) electrons. The fourth-order valence-electron chi connectivity index (χ4n) is 2.14. The maximum atomic E-state index is 12.1. The van der Waals surface area contributed by atoms with Gasteiger partial charge in [-0.15, -0.1) is 0 Å². The molecular formula is C14H15ClN4O2. The summed E-state index contributed by atoms with van der Waals surface area (Å²) >= 11 is 6.24. The van der Waals surface area contributed by atoms with E-state index in [0.29, 0.717) is 30.5 Å². The van der Waals surface area contributed by atoms with Gasteiger partial charge in [-0.05, 0) is 24.3 Å². The number of morpholine rings is 1. The van der Waals surface area contributed by atoms with Crippen LogP contribution < -0.4 is 10.6 Å². The molecule has 3 rings (SSSR count). The first-order chi connectivity index (χ1) is 10.2. The highest BCUT2D eigenvalue weighted by molar-refractivity contribution is 6.32. The fourth-order valence-corrected chi connectivity index (χ4v) is 2.41. The Bertz CT molecular complexity index is 624. The number of carbonyl (C=O) groups is 1. The van der Waals surface area contributed by atoms with Crippen LogP contribution in [0.3, 0.4) is 0 Å². The first-order valence-corrected chi connectivity index (χ1v) is 7.03. The zero-order chi connectivity index (χ0) is 14.7. The lowest BCUT2D eigenvalue weighted by Crippen LogP contribution is -2.48. The van der Waals surface area contributed by atoms with E-state index in [9.17, 15) is 4.79 Å². The summed E-state index contributed by atoms with van der Waals surface area (Å²) in [6.45, 7) is 1.69. The summed E-state index contributed by atoms with van der Waals surface area (Å²) in [4.78, 5) is 12.1. The number of hydrogen-bond acceptors (Lipinski definition) is 4. The summed E-state index contributed by atoms with van der Waals surface area (Å²) < 4.78 is 6.94. The number of ether oxygens (including phenoxy) is 1. The fraction of sp³-hybridized carbons (Fsp3) is 0.286. The Kier molecular flexibility index (Phi) is 4.19. The Balaban J connectivity index is 1.72. The Labute approximate surface area is 127 Å². The van der Waals surface area contributed by atoms with Crippen LogP contribution in [-0.2, 0) is 9.53 Å². The van der Waals surface area contributed by atoms with Crippen LogP contribution in [0.2, 0.25) is 5.02 Å². The number of hydrogen-bond donors (Lipinski definition) is 2. The van der Waals surface area contributed by atoms with E-state index in [1.807, 2.05) is 18.3 Å². The molecule has 7 heteroatoms. The van der Waals surface area contributed by atoms with Gasteiger partial charge in [0.15, 0.2) is 0 Å². The van der Waals surface area contributed by atoms with Gasteiger partial charge >= 0.3 is 0 Å². The van der Waals surface area contributed by atoms with Gasteiger partial charge in [0.05, 0.1) is 23.9 Å². The minimum absolute atomic E-state index is 0.127. The van der Waals surface area contributed by atoms with Gasteiger partial charge in [0.1, 0.15) is 6.04 Å². The average molecular weight is 307 g/mol. The van der Waals surface area contributed by atoms with Crippen LogP contribution in [0.4, 0.5) is 5.69 Å². The number of anilines is 1. The number of benzene rings is 1. The van der Waals surface area contributed by atoms with Crippen LogP contribution in [0.15, 0.2) is 36.7 Å². The second kappa shape index (κ2) is 6.26. The molecule has 2 aromatic rings. The van der Waals surface area contributed by atoms with E-state index in [4.69, 9.17) is 16.3 Å². The number of halogens is 1. The van der Waals surface area contributed by atoms with E-state index in [0.717, 1.165) is 5.69 Å². The SMILES string of the molecule is O=C(Nc1ccc(-n2cccn2)c(Cl)c1)C1COCCN1. The molecule has 6 nitrogen and oxygen atoms in total. The number of amides is 1. The maximum Gasteiger partial charge on any atom is 0.243 e. The van der Waals surface area contributed by atoms with Gasteiger partial charge in [-0.1, -0.05) is 11.6 Å². The first kappa shape index (κ1) is 14.1. The highest BCUT2D eigenvalue weighted by Gasteiger charge is 2.21. The Morgan fingerprint density at radius 2 is 2.43 bits per heavy atom. The molecule has 0 aliphatic carbocycles. The van der Waals surface area contributed by atoms with Crippen molar-refractivity contribution >= 4 is 23.2 Å². The lowest BCUT2D eigenvalue weighted by atomic mass is 10.2. The van der Waals surface area contributed by atoms with Crippen molar-refractivity contribution in [1.82, 2.24) is 15.1 Å². The molecule has 1 saturated heterocycles. The molecule has 0 bridgehead atoms. The highest BCUT2D eigenvalue weighted by atomic mass is 35.5. The number of carbonyl (C=O) groups excluding carboxylic acids is 1. The Hall–Kier alpha value is -1.89. The number of rotatable bonds is 3. The van der Waals surface area contributed by atoms with E-state index in [1.54, 1.807) is 23.0 Å². The second-order valence-electron chi connectivity index (χ2n) is 4.69. The summed E-state index contributed by atoms with van der Waals surface area (Å²) in [6, 6.07) is 6.81. The quantitative estimate of drug-likeness (QED) is 0.901. The smallest absolute Gasteiger partial charge is 0.243 e. The average Bonchev–Trinajstić information content (AvgIpc) is 3.02. The largest absolute Gasteiger partial charge is 0.378 e. The molecule has 1 amide bonds. The molecule has 1 atom stereocenters. The number of nitrogens with one attached hydrogen (secondary N) is 2. The van der Waals surface area contributed by atoms with Gasteiger partial charge in [-0.2, -0.15) is 5.10 Å². The van der Waals surface area contributed by atoms with Crippen molar-refractivity contribution in [2.45, 2.75) is 6.04 Å². The highest BCUT2D eigenvalue weighted by Crippen LogP contribution is 2.24. The lowest BCUT2D eigenvalue weighted by Gasteiger charge is -2.23. The lowest BCUT2D eigenvalue weighted by molar-refractivity contribution is -0.120. The minimum atomic E-state index is -0.330. The molecule has 1 aromatic carbocycles. The molecule has 110 valence electrons. The summed E-state index contributed by atoms with van der Waals surface area (Å²) in [5, 5.41) is 10.6. The van der Waals surface area contributed by atoms with Crippen LogP contribution in [0.1, 0.15) is 0 Å². The molecule has 21 heavy (non-hydrogen) atoms. The summed E-state index contributed by atoms with van der Waals surface area (Å²) in [5.41, 5.74) is 1.41. The van der Waals surface area contributed by atoms with Crippen LogP contribution in [0.25, 0.3) is 5.69 Å². The molecule has 1 aromatic heterocycles. The van der Waals surface area contributed by atoms with Crippen molar-refractivity contribution in [3.05, 3.63) is 41.7 Å². The number of aromatic nitrogens is 2. The van der Waals surface area contributed by atoms with Gasteiger partial charge in [-0.25, -0.2) is 4.68 Å². The van der Waals surface area contributed by atoms with Gasteiger partial charge < -0.3 is 15.4 Å². The first-order valence-electron chi connectivity index (χ1n) is 6.65. The van der Waals surface area contributed by atoms with Crippen molar-refractivity contribution in [2.24, 2.45) is 0 Å². The minimum Gasteiger partial charge on any atom is -0.378 e. The van der Waals surface area contributed by atoms with Crippen LogP contribution in [0.5, 0.6) is 0 Å². The monoisotopic (exact) mass is 306 g/mol. The van der Waals surface area contributed by atoms with E-state index in [1.165, 1.54) is 0 Å². The van der Waals surface area contributed by atoms with Crippen LogP contribution >= 0.6 is 11.6 Å². The zero-order valence-electron chi connectivity index (χ0n) is 11.3. The van der Waals surface area contributed by atoms with Gasteiger partial charge in [0.25, 0.3) is 0 Å². The van der Waals surface area contributed by atoms with Crippen molar-refractivity contribution < 1.29 is 9.53 Å². The summed E-state index contributed by atoms with van der Waals surface area (Å²) in [7, 11) is 0. The molecule has 2 heterocycles.